The van der Waals surface area contributed by atoms with Crippen LogP contribution in [-0.2, 0) is 6.54 Å². The second-order valence-corrected chi connectivity index (χ2v) is 11.7. The minimum Gasteiger partial charge on any atom is -0.383 e. The molecule has 4 heteroatoms. The van der Waals surface area contributed by atoms with Crippen molar-refractivity contribution < 1.29 is 0 Å². The van der Waals surface area contributed by atoms with Crippen LogP contribution in [-0.4, -0.2) is 10.4 Å². The summed E-state index contributed by atoms with van der Waals surface area (Å²) in [5, 5.41) is 5.11. The molecule has 0 aliphatic heterocycles. The molecule has 0 radical (unpaired) electrons. The molecule has 0 fully saturated rings. The summed E-state index contributed by atoms with van der Waals surface area (Å²) in [7, 11) is 0. The van der Waals surface area contributed by atoms with Gasteiger partial charge in [0.25, 0.3) is 0 Å². The van der Waals surface area contributed by atoms with Crippen molar-refractivity contribution in [2.24, 2.45) is 10.7 Å². The van der Waals surface area contributed by atoms with Crippen LogP contribution in [0.1, 0.15) is 11.1 Å². The van der Waals surface area contributed by atoms with Crippen LogP contribution in [0.3, 0.4) is 0 Å². The van der Waals surface area contributed by atoms with Gasteiger partial charge in [-0.1, -0.05) is 103 Å². The zero-order chi connectivity index (χ0) is 28.0. The summed E-state index contributed by atoms with van der Waals surface area (Å²) in [6.07, 6.45) is 0. The molecule has 0 saturated carbocycles. The van der Waals surface area contributed by atoms with Gasteiger partial charge in [-0.3, -0.25) is 4.99 Å². The number of nitrogens with two attached hydrogens (primary N) is 1. The lowest BCUT2D eigenvalue weighted by Crippen LogP contribution is -2.14. The second-order valence-electron chi connectivity index (χ2n) is 10.6. The Bertz CT molecular complexity index is 2290. The Hall–Kier alpha value is -5.19. The van der Waals surface area contributed by atoms with Crippen molar-refractivity contribution in [2.45, 2.75) is 6.54 Å². The van der Waals surface area contributed by atoms with Crippen LogP contribution in [0.25, 0.3) is 58.8 Å². The molecule has 42 heavy (non-hydrogen) atoms. The predicted molar refractivity (Wildman–Crippen MR) is 180 cm³/mol. The Balaban J connectivity index is 1.26. The average molecular weight is 558 g/mol. The topological polar surface area (TPSA) is 43.3 Å². The molecule has 200 valence electrons. The molecule has 8 aromatic rings. The molecule has 0 spiro atoms. The van der Waals surface area contributed by atoms with Crippen LogP contribution < -0.4 is 5.73 Å². The SMILES string of the molecule is NC(=NCc1ccccc1)c1cccc(-n2c3ccccc3c3cc(-c4cccc5c4sc4ccccc45)ccc32)c1. The van der Waals surface area contributed by atoms with E-state index in [-0.39, 0.29) is 0 Å². The number of amidine groups is 1. The van der Waals surface area contributed by atoms with E-state index in [1.807, 2.05) is 35.6 Å². The number of thiophene rings is 1. The Morgan fingerprint density at radius 3 is 2.26 bits per heavy atom. The fourth-order valence-corrected chi connectivity index (χ4v) is 7.29. The highest BCUT2D eigenvalue weighted by Gasteiger charge is 2.16. The first-order chi connectivity index (χ1) is 20.7. The highest BCUT2D eigenvalue weighted by Crippen LogP contribution is 2.41. The third-order valence-electron chi connectivity index (χ3n) is 8.06. The van der Waals surface area contributed by atoms with E-state index in [2.05, 4.69) is 125 Å². The number of benzene rings is 6. The standard InChI is InChI=1S/C38H27N3S/c39-38(40-24-25-10-2-1-3-11-25)27-12-8-13-28(22-27)41-34-18-6-4-14-30(34)33-23-26(20-21-35(33)41)29-16-9-17-32-31-15-5-7-19-36(31)42-37(29)32/h1-23H,24H2,(H2,39,40). The van der Waals surface area contributed by atoms with Crippen LogP contribution in [0.4, 0.5) is 0 Å². The van der Waals surface area contributed by atoms with Gasteiger partial charge < -0.3 is 10.3 Å². The van der Waals surface area contributed by atoms with Crippen molar-refractivity contribution >= 4 is 59.2 Å². The van der Waals surface area contributed by atoms with Gasteiger partial charge in [0.1, 0.15) is 5.84 Å². The maximum Gasteiger partial charge on any atom is 0.126 e. The Labute approximate surface area is 247 Å². The van der Waals surface area contributed by atoms with E-state index in [0.29, 0.717) is 12.4 Å². The van der Waals surface area contributed by atoms with Gasteiger partial charge >= 0.3 is 0 Å². The van der Waals surface area contributed by atoms with E-state index in [1.165, 1.54) is 53.1 Å². The average Bonchev–Trinajstić information content (AvgIpc) is 3.60. The van der Waals surface area contributed by atoms with E-state index in [9.17, 15) is 0 Å². The molecule has 2 aromatic heterocycles. The summed E-state index contributed by atoms with van der Waals surface area (Å²) in [5.41, 5.74) is 14.5. The molecule has 0 bridgehead atoms. The monoisotopic (exact) mass is 557 g/mol. The van der Waals surface area contributed by atoms with Gasteiger partial charge in [0, 0.05) is 42.2 Å². The van der Waals surface area contributed by atoms with Gasteiger partial charge in [-0.25, -0.2) is 0 Å². The maximum atomic E-state index is 6.49. The van der Waals surface area contributed by atoms with Crippen LogP contribution in [0.2, 0.25) is 0 Å². The molecule has 0 aliphatic rings. The van der Waals surface area contributed by atoms with Crippen molar-refractivity contribution in [3.05, 3.63) is 151 Å². The fourth-order valence-electron chi connectivity index (χ4n) is 6.05. The molecule has 0 unspecified atom stereocenters. The normalized spacial score (nSPS) is 12.1. The first-order valence-corrected chi connectivity index (χ1v) is 14.9. The van der Waals surface area contributed by atoms with Gasteiger partial charge in [0.05, 0.1) is 17.6 Å². The number of aromatic nitrogens is 1. The van der Waals surface area contributed by atoms with E-state index in [1.54, 1.807) is 0 Å². The molecule has 0 aliphatic carbocycles. The molecule has 2 heterocycles. The predicted octanol–water partition coefficient (Wildman–Crippen LogP) is 9.72. The number of aliphatic imine (C=N–C) groups is 1. The number of rotatable bonds is 5. The summed E-state index contributed by atoms with van der Waals surface area (Å²) < 4.78 is 4.99. The van der Waals surface area contributed by atoms with Crippen molar-refractivity contribution in [3.8, 4) is 16.8 Å². The molecule has 0 atom stereocenters. The molecule has 6 aromatic carbocycles. The Kier molecular flexibility index (Phi) is 5.87. The molecule has 0 saturated heterocycles. The second kappa shape index (κ2) is 10.0. The Morgan fingerprint density at radius 2 is 1.36 bits per heavy atom. The van der Waals surface area contributed by atoms with Gasteiger partial charge in [-0.15, -0.1) is 11.3 Å². The molecule has 0 amide bonds. The number of fused-ring (bicyclic) bond motifs is 6. The summed E-state index contributed by atoms with van der Waals surface area (Å²) in [6, 6.07) is 49.5. The lowest BCUT2D eigenvalue weighted by atomic mass is 10.0. The fraction of sp³-hybridized carbons (Fsp3) is 0.0263. The lowest BCUT2D eigenvalue weighted by molar-refractivity contribution is 1.06. The molecule has 2 N–H and O–H groups in total. The minimum absolute atomic E-state index is 0.542. The highest BCUT2D eigenvalue weighted by molar-refractivity contribution is 7.26. The quantitative estimate of drug-likeness (QED) is 0.166. The first kappa shape index (κ1) is 24.6. The van der Waals surface area contributed by atoms with E-state index in [0.717, 1.165) is 16.8 Å². The third kappa shape index (κ3) is 4.08. The molecule has 8 rings (SSSR count). The summed E-state index contributed by atoms with van der Waals surface area (Å²) in [5.74, 6) is 0.542. The minimum atomic E-state index is 0.542. The lowest BCUT2D eigenvalue weighted by Gasteiger charge is -2.11. The van der Waals surface area contributed by atoms with E-state index in [4.69, 9.17) is 5.73 Å². The number of nitrogens with zero attached hydrogens (tertiary/aromatic N) is 2. The van der Waals surface area contributed by atoms with Crippen LogP contribution in [0.5, 0.6) is 0 Å². The molecular weight excluding hydrogens is 531 g/mol. The van der Waals surface area contributed by atoms with Gasteiger partial charge in [0.15, 0.2) is 0 Å². The molecule has 3 nitrogen and oxygen atoms in total. The maximum absolute atomic E-state index is 6.49. The van der Waals surface area contributed by atoms with E-state index < -0.39 is 0 Å². The summed E-state index contributed by atoms with van der Waals surface area (Å²) in [4.78, 5) is 4.68. The van der Waals surface area contributed by atoms with E-state index >= 15 is 0 Å². The van der Waals surface area contributed by atoms with Crippen molar-refractivity contribution in [1.82, 2.24) is 4.57 Å². The van der Waals surface area contributed by atoms with Crippen LogP contribution in [0, 0.1) is 0 Å². The first-order valence-electron chi connectivity index (χ1n) is 14.1. The summed E-state index contributed by atoms with van der Waals surface area (Å²) >= 11 is 1.87. The zero-order valence-corrected chi connectivity index (χ0v) is 23.7. The van der Waals surface area contributed by atoms with Crippen molar-refractivity contribution in [1.29, 1.82) is 0 Å². The molecular formula is C38H27N3S. The highest BCUT2D eigenvalue weighted by atomic mass is 32.1. The van der Waals surface area contributed by atoms with Crippen molar-refractivity contribution in [3.63, 3.8) is 0 Å². The smallest absolute Gasteiger partial charge is 0.126 e. The Morgan fingerprint density at radius 1 is 0.619 bits per heavy atom. The number of hydrogen-bond acceptors (Lipinski definition) is 2. The van der Waals surface area contributed by atoms with Gasteiger partial charge in [-0.2, -0.15) is 0 Å². The van der Waals surface area contributed by atoms with Crippen LogP contribution in [0.15, 0.2) is 145 Å². The van der Waals surface area contributed by atoms with Gasteiger partial charge in [0.2, 0.25) is 0 Å². The third-order valence-corrected chi connectivity index (χ3v) is 9.28. The number of para-hydroxylation sites is 1. The van der Waals surface area contributed by atoms with Crippen molar-refractivity contribution in [2.75, 3.05) is 0 Å². The summed E-state index contributed by atoms with van der Waals surface area (Å²) in [6.45, 7) is 0.557. The largest absolute Gasteiger partial charge is 0.383 e. The number of hydrogen-bond donors (Lipinski definition) is 1. The van der Waals surface area contributed by atoms with Gasteiger partial charge in [-0.05, 0) is 53.1 Å². The van der Waals surface area contributed by atoms with Crippen LogP contribution >= 0.6 is 11.3 Å². The zero-order valence-electron chi connectivity index (χ0n) is 22.9.